The van der Waals surface area contributed by atoms with Gasteiger partial charge in [0.05, 0.1) is 0 Å². The van der Waals surface area contributed by atoms with Crippen molar-refractivity contribution in [2.24, 2.45) is 17.1 Å². The van der Waals surface area contributed by atoms with Gasteiger partial charge in [-0.15, -0.1) is 11.3 Å². The fourth-order valence-electron chi connectivity index (χ4n) is 4.40. The normalized spacial score (nSPS) is 26.9. The SMILES string of the molecule is C[C@H]1CC(C)(C)C[C@@]2(C1)NC(=O)N(CC(=O)Nc1nc(C(N)=O)cs1)C2=O. The van der Waals surface area contributed by atoms with Crippen LogP contribution in [-0.4, -0.2) is 45.7 Å². The Morgan fingerprint density at radius 2 is 2.11 bits per heavy atom. The first-order valence-corrected chi connectivity index (χ1v) is 9.59. The molecule has 2 heterocycles. The van der Waals surface area contributed by atoms with Crippen LogP contribution >= 0.6 is 11.3 Å². The quantitative estimate of drug-likeness (QED) is 0.663. The summed E-state index contributed by atoms with van der Waals surface area (Å²) in [7, 11) is 0. The van der Waals surface area contributed by atoms with Crippen LogP contribution in [0.25, 0.3) is 0 Å². The smallest absolute Gasteiger partial charge is 0.325 e. The van der Waals surface area contributed by atoms with Crippen LogP contribution in [0.15, 0.2) is 5.38 Å². The minimum Gasteiger partial charge on any atom is -0.364 e. The van der Waals surface area contributed by atoms with Gasteiger partial charge in [-0.2, -0.15) is 0 Å². The summed E-state index contributed by atoms with van der Waals surface area (Å²) in [5.41, 5.74) is 4.15. The van der Waals surface area contributed by atoms with E-state index in [1.54, 1.807) is 0 Å². The molecule has 2 fully saturated rings. The topological polar surface area (TPSA) is 134 Å². The molecule has 0 aromatic carbocycles. The van der Waals surface area contributed by atoms with Crippen molar-refractivity contribution in [3.8, 4) is 0 Å². The number of imide groups is 1. The molecule has 27 heavy (non-hydrogen) atoms. The zero-order valence-electron chi connectivity index (χ0n) is 15.5. The lowest BCUT2D eigenvalue weighted by Gasteiger charge is -2.43. The second-order valence-electron chi connectivity index (χ2n) is 8.21. The van der Waals surface area contributed by atoms with E-state index in [0.29, 0.717) is 12.8 Å². The molecule has 5 amide bonds. The van der Waals surface area contributed by atoms with E-state index in [4.69, 9.17) is 5.73 Å². The molecule has 9 nitrogen and oxygen atoms in total. The molecule has 10 heteroatoms. The van der Waals surface area contributed by atoms with Crippen molar-refractivity contribution >= 4 is 40.2 Å². The first kappa shape index (κ1) is 19.3. The molecule has 0 radical (unpaired) electrons. The summed E-state index contributed by atoms with van der Waals surface area (Å²) >= 11 is 1.04. The van der Waals surface area contributed by atoms with Crippen LogP contribution in [0.1, 0.15) is 50.5 Å². The molecule has 1 aliphatic heterocycles. The number of carbonyl (C=O) groups is 4. The summed E-state index contributed by atoms with van der Waals surface area (Å²) in [4.78, 5) is 53.6. The molecule has 0 unspecified atom stereocenters. The highest BCUT2D eigenvalue weighted by atomic mass is 32.1. The molecule has 1 aromatic rings. The molecule has 2 atom stereocenters. The number of carbonyl (C=O) groups excluding carboxylic acids is 4. The Bertz CT molecular complexity index is 820. The first-order valence-electron chi connectivity index (χ1n) is 8.71. The summed E-state index contributed by atoms with van der Waals surface area (Å²) in [5, 5.41) is 6.92. The van der Waals surface area contributed by atoms with Gasteiger partial charge in [0.25, 0.3) is 11.8 Å². The first-order chi connectivity index (χ1) is 12.5. The molecule has 1 saturated carbocycles. The zero-order chi connectivity index (χ0) is 20.0. The molecule has 1 aliphatic carbocycles. The maximum absolute atomic E-state index is 13.0. The number of hydrogen-bond acceptors (Lipinski definition) is 6. The Kier molecular flexibility index (Phi) is 4.71. The van der Waals surface area contributed by atoms with Crippen molar-refractivity contribution in [3.63, 3.8) is 0 Å². The van der Waals surface area contributed by atoms with Gasteiger partial charge in [0, 0.05) is 5.38 Å². The highest BCUT2D eigenvalue weighted by Crippen LogP contribution is 2.46. The number of nitrogens with one attached hydrogen (secondary N) is 2. The number of nitrogens with two attached hydrogens (primary N) is 1. The van der Waals surface area contributed by atoms with Crippen molar-refractivity contribution in [2.75, 3.05) is 11.9 Å². The van der Waals surface area contributed by atoms with Crippen LogP contribution in [0.4, 0.5) is 9.93 Å². The third-order valence-corrected chi connectivity index (χ3v) is 5.69. The Balaban J connectivity index is 1.70. The van der Waals surface area contributed by atoms with Crippen LogP contribution in [0.3, 0.4) is 0 Å². The van der Waals surface area contributed by atoms with Gasteiger partial charge in [-0.05, 0) is 30.6 Å². The maximum atomic E-state index is 13.0. The van der Waals surface area contributed by atoms with Gasteiger partial charge in [-0.3, -0.25) is 19.3 Å². The summed E-state index contributed by atoms with van der Waals surface area (Å²) < 4.78 is 0. The summed E-state index contributed by atoms with van der Waals surface area (Å²) in [6.45, 7) is 5.82. The average molecular weight is 393 g/mol. The molecule has 2 aliphatic rings. The Morgan fingerprint density at radius 1 is 1.41 bits per heavy atom. The molecule has 0 bridgehead atoms. The van der Waals surface area contributed by atoms with Crippen LogP contribution in [0.2, 0.25) is 0 Å². The van der Waals surface area contributed by atoms with Gasteiger partial charge in [0.15, 0.2) is 5.13 Å². The Labute approximate surface area is 160 Å². The molecule has 1 saturated heterocycles. The number of thiazole rings is 1. The number of rotatable bonds is 4. The van der Waals surface area contributed by atoms with Gasteiger partial charge in [-0.25, -0.2) is 9.78 Å². The second kappa shape index (κ2) is 6.59. The van der Waals surface area contributed by atoms with E-state index in [2.05, 4.69) is 36.4 Å². The number of urea groups is 1. The summed E-state index contributed by atoms with van der Waals surface area (Å²) in [5.74, 6) is -1.34. The Hall–Kier alpha value is -2.49. The van der Waals surface area contributed by atoms with Crippen molar-refractivity contribution in [2.45, 2.75) is 45.6 Å². The van der Waals surface area contributed by atoms with Crippen molar-refractivity contribution in [3.05, 3.63) is 11.1 Å². The highest BCUT2D eigenvalue weighted by Gasteiger charge is 2.56. The monoisotopic (exact) mass is 393 g/mol. The van der Waals surface area contributed by atoms with Gasteiger partial charge in [0.2, 0.25) is 5.91 Å². The van der Waals surface area contributed by atoms with E-state index < -0.39 is 29.9 Å². The standard InChI is InChI=1S/C17H23N5O4S/c1-9-4-16(2,3)8-17(5-9)13(25)22(15(26)21-17)6-11(23)20-14-19-10(7-27-14)12(18)24/h7,9H,4-6,8H2,1-3H3,(H2,18,24)(H,21,26)(H,19,20,23)/t9-,17+/m0/s1. The number of primary amides is 1. The van der Waals surface area contributed by atoms with Crippen molar-refractivity contribution in [1.29, 1.82) is 0 Å². The highest BCUT2D eigenvalue weighted by molar-refractivity contribution is 7.14. The number of aromatic nitrogens is 1. The predicted molar refractivity (Wildman–Crippen MR) is 99.0 cm³/mol. The molecule has 4 N–H and O–H groups in total. The van der Waals surface area contributed by atoms with Gasteiger partial charge in [0.1, 0.15) is 17.8 Å². The lowest BCUT2D eigenvalue weighted by molar-refractivity contribution is -0.136. The predicted octanol–water partition coefficient (Wildman–Crippen LogP) is 1.32. The van der Waals surface area contributed by atoms with Crippen LogP contribution in [0.5, 0.6) is 0 Å². The summed E-state index contributed by atoms with van der Waals surface area (Å²) in [6, 6.07) is -0.558. The molecule has 146 valence electrons. The second-order valence-corrected chi connectivity index (χ2v) is 9.07. The van der Waals surface area contributed by atoms with Crippen molar-refractivity contribution < 1.29 is 19.2 Å². The Morgan fingerprint density at radius 3 is 2.70 bits per heavy atom. The number of nitrogens with zero attached hydrogens (tertiary/aromatic N) is 2. The fourth-order valence-corrected chi connectivity index (χ4v) is 5.11. The minimum absolute atomic E-state index is 0.0441. The van der Waals surface area contributed by atoms with Crippen molar-refractivity contribution in [1.82, 2.24) is 15.2 Å². The molecule has 3 rings (SSSR count). The number of amides is 5. The fraction of sp³-hybridized carbons (Fsp3) is 0.588. The average Bonchev–Trinajstić information content (AvgIpc) is 3.05. The lowest BCUT2D eigenvalue weighted by Crippen LogP contribution is -2.54. The van der Waals surface area contributed by atoms with E-state index in [1.807, 2.05) is 0 Å². The molecular formula is C17H23N5O4S. The summed E-state index contributed by atoms with van der Waals surface area (Å²) in [6.07, 6.45) is 2.08. The van der Waals surface area contributed by atoms with Crippen LogP contribution < -0.4 is 16.4 Å². The van der Waals surface area contributed by atoms with E-state index in [0.717, 1.165) is 22.7 Å². The van der Waals surface area contributed by atoms with E-state index >= 15 is 0 Å². The molecular weight excluding hydrogens is 370 g/mol. The largest absolute Gasteiger partial charge is 0.364 e. The number of hydrogen-bond donors (Lipinski definition) is 3. The van der Waals surface area contributed by atoms with Gasteiger partial charge in [-0.1, -0.05) is 20.8 Å². The van der Waals surface area contributed by atoms with E-state index in [1.165, 1.54) is 5.38 Å². The van der Waals surface area contributed by atoms with Crippen LogP contribution in [-0.2, 0) is 9.59 Å². The molecule has 1 spiro atoms. The van der Waals surface area contributed by atoms with Gasteiger partial charge >= 0.3 is 6.03 Å². The van der Waals surface area contributed by atoms with E-state index in [-0.39, 0.29) is 28.1 Å². The van der Waals surface area contributed by atoms with E-state index in [9.17, 15) is 19.2 Å². The minimum atomic E-state index is -0.946. The zero-order valence-corrected chi connectivity index (χ0v) is 16.3. The molecule has 1 aromatic heterocycles. The lowest BCUT2D eigenvalue weighted by atomic mass is 9.64. The third kappa shape index (κ3) is 3.80. The van der Waals surface area contributed by atoms with Gasteiger partial charge < -0.3 is 16.4 Å². The number of anilines is 1. The third-order valence-electron chi connectivity index (χ3n) is 4.93. The van der Waals surface area contributed by atoms with Crippen LogP contribution in [0, 0.1) is 11.3 Å². The maximum Gasteiger partial charge on any atom is 0.325 e.